The van der Waals surface area contributed by atoms with E-state index in [2.05, 4.69) is 42.5 Å². The highest BCUT2D eigenvalue weighted by atomic mass is 16.7. The minimum atomic E-state index is -0.553. The van der Waals surface area contributed by atoms with Gasteiger partial charge in [-0.2, -0.15) is 0 Å². The van der Waals surface area contributed by atoms with Crippen molar-refractivity contribution in [2.24, 2.45) is 0 Å². The molecule has 0 radical (unpaired) electrons. The van der Waals surface area contributed by atoms with Gasteiger partial charge in [-0.3, -0.25) is 0 Å². The Morgan fingerprint density at radius 2 is 1.35 bits per heavy atom. The quantitative estimate of drug-likeness (QED) is 0.257. The summed E-state index contributed by atoms with van der Waals surface area (Å²) in [6.45, 7) is 6.30. The third-order valence-corrected chi connectivity index (χ3v) is 7.10. The summed E-state index contributed by atoms with van der Waals surface area (Å²) >= 11 is 0. The molecule has 6 nitrogen and oxygen atoms in total. The highest BCUT2D eigenvalue weighted by Crippen LogP contribution is 2.31. The molecule has 0 saturated carbocycles. The van der Waals surface area contributed by atoms with Crippen molar-refractivity contribution in [3.05, 3.63) is 120 Å². The summed E-state index contributed by atoms with van der Waals surface area (Å²) in [5.41, 5.74) is 3.35. The molecule has 6 heteroatoms. The Bertz CT molecular complexity index is 1180. The molecule has 0 aromatic heterocycles. The van der Waals surface area contributed by atoms with E-state index in [9.17, 15) is 0 Å². The molecule has 2 aliphatic rings. The summed E-state index contributed by atoms with van der Waals surface area (Å²) in [5, 5.41) is 0. The molecule has 0 aliphatic carbocycles. The first-order valence-electron chi connectivity index (χ1n) is 14.1. The van der Waals surface area contributed by atoms with Crippen LogP contribution in [-0.4, -0.2) is 43.4 Å². The number of hydrogen-bond acceptors (Lipinski definition) is 6. The van der Waals surface area contributed by atoms with Crippen LogP contribution in [-0.2, 0) is 48.2 Å². The molecule has 2 fully saturated rings. The first-order chi connectivity index (χ1) is 19.5. The van der Waals surface area contributed by atoms with Gasteiger partial charge < -0.3 is 28.4 Å². The van der Waals surface area contributed by atoms with Crippen LogP contribution < -0.4 is 0 Å². The van der Waals surface area contributed by atoms with Crippen molar-refractivity contribution in [2.75, 3.05) is 13.2 Å². The van der Waals surface area contributed by atoms with Crippen LogP contribution in [0.4, 0.5) is 0 Å². The van der Waals surface area contributed by atoms with Crippen LogP contribution in [0.3, 0.4) is 0 Å². The normalized spacial score (nSPS) is 25.1. The van der Waals surface area contributed by atoms with Crippen LogP contribution in [0, 0.1) is 0 Å². The lowest BCUT2D eigenvalue weighted by Gasteiger charge is -2.39. The van der Waals surface area contributed by atoms with Crippen molar-refractivity contribution < 1.29 is 28.4 Å². The Labute approximate surface area is 237 Å². The van der Waals surface area contributed by atoms with Crippen LogP contribution in [0.5, 0.6) is 0 Å². The average molecular weight is 545 g/mol. The van der Waals surface area contributed by atoms with Gasteiger partial charge in [0, 0.05) is 6.42 Å². The van der Waals surface area contributed by atoms with Crippen LogP contribution in [0.15, 0.2) is 103 Å². The maximum absolute atomic E-state index is 6.55. The molecule has 0 N–H and O–H groups in total. The zero-order chi connectivity index (χ0) is 27.6. The molecule has 2 aliphatic heterocycles. The molecular weight excluding hydrogens is 504 g/mol. The van der Waals surface area contributed by atoms with Crippen molar-refractivity contribution in [1.82, 2.24) is 0 Å². The van der Waals surface area contributed by atoms with Crippen molar-refractivity contribution >= 4 is 0 Å². The van der Waals surface area contributed by atoms with E-state index in [0.717, 1.165) is 22.4 Å². The van der Waals surface area contributed by atoms with Gasteiger partial charge in [0.25, 0.3) is 0 Å². The largest absolute Gasteiger partial charge is 0.490 e. The van der Waals surface area contributed by atoms with E-state index < -0.39 is 5.79 Å². The number of rotatable bonds is 12. The number of benzene rings is 3. The zero-order valence-corrected chi connectivity index (χ0v) is 23.4. The molecule has 2 saturated heterocycles. The van der Waals surface area contributed by atoms with Crippen molar-refractivity contribution in [1.29, 1.82) is 0 Å². The molecule has 2 heterocycles. The molecule has 0 amide bonds. The van der Waals surface area contributed by atoms with E-state index in [1.807, 2.05) is 68.4 Å². The van der Waals surface area contributed by atoms with Gasteiger partial charge in [-0.25, -0.2) is 0 Å². The Balaban J connectivity index is 1.32. The molecule has 0 unspecified atom stereocenters. The minimum Gasteiger partial charge on any atom is -0.490 e. The Morgan fingerprint density at radius 1 is 0.775 bits per heavy atom. The Hall–Kier alpha value is -3.00. The fourth-order valence-electron chi connectivity index (χ4n) is 5.05. The summed E-state index contributed by atoms with van der Waals surface area (Å²) in [6, 6.07) is 30.6. The monoisotopic (exact) mass is 544 g/mol. The maximum Gasteiger partial charge on any atom is 0.163 e. The van der Waals surface area contributed by atoms with Gasteiger partial charge in [0.2, 0.25) is 0 Å². The van der Waals surface area contributed by atoms with Gasteiger partial charge in [-0.05, 0) is 43.0 Å². The lowest BCUT2D eigenvalue weighted by molar-refractivity contribution is -0.178. The molecule has 5 rings (SSSR count). The fourth-order valence-corrected chi connectivity index (χ4v) is 5.05. The smallest absolute Gasteiger partial charge is 0.163 e. The first kappa shape index (κ1) is 28.5. The standard InChI is InChI=1S/C34H40O6/c1-34(2)38-24-30(40-34)19-18-29-20-31(36-22-27-14-8-4-9-15-27)33(37-23-28-16-10-5-11-17-28)32(39-29)25-35-21-26-12-6-3-7-13-26/h3-18,30-33H,19-25H2,1-2H3/t30-,31+,32+,33-/m0/s1. The SMILES string of the molecule is CC1(C)OC[C@H](CC=C2C[C@@H](OCc3ccccc3)[C@H](OCc3ccccc3)[C@@H](COCc3ccccc3)O2)O1. The Kier molecular flexibility index (Phi) is 10.0. The van der Waals surface area contributed by atoms with Gasteiger partial charge in [-0.1, -0.05) is 91.0 Å². The average Bonchev–Trinajstić information content (AvgIpc) is 3.34. The van der Waals surface area contributed by atoms with Gasteiger partial charge in [0.1, 0.15) is 6.10 Å². The second kappa shape index (κ2) is 14.1. The van der Waals surface area contributed by atoms with Gasteiger partial charge >= 0.3 is 0 Å². The van der Waals surface area contributed by atoms with Crippen LogP contribution in [0.25, 0.3) is 0 Å². The minimum absolute atomic E-state index is 0.00498. The van der Waals surface area contributed by atoms with Gasteiger partial charge in [-0.15, -0.1) is 0 Å². The molecule has 4 atom stereocenters. The Morgan fingerprint density at radius 3 is 1.93 bits per heavy atom. The molecule has 212 valence electrons. The van der Waals surface area contributed by atoms with E-state index in [1.54, 1.807) is 0 Å². The van der Waals surface area contributed by atoms with Gasteiger partial charge in [0.15, 0.2) is 11.9 Å². The van der Waals surface area contributed by atoms with E-state index in [1.165, 1.54) is 0 Å². The highest BCUT2D eigenvalue weighted by molar-refractivity contribution is 5.16. The predicted octanol–water partition coefficient (Wildman–Crippen LogP) is 6.59. The second-order valence-corrected chi connectivity index (χ2v) is 10.8. The lowest BCUT2D eigenvalue weighted by Crippen LogP contribution is -2.48. The maximum atomic E-state index is 6.55. The summed E-state index contributed by atoms with van der Waals surface area (Å²) < 4.78 is 37.6. The number of ether oxygens (including phenoxy) is 6. The molecule has 0 spiro atoms. The molecular formula is C34H40O6. The first-order valence-corrected chi connectivity index (χ1v) is 14.1. The fraction of sp³-hybridized carbons (Fsp3) is 0.412. The van der Waals surface area contributed by atoms with Crippen LogP contribution in [0.2, 0.25) is 0 Å². The topological polar surface area (TPSA) is 55.4 Å². The summed E-state index contributed by atoms with van der Waals surface area (Å²) in [4.78, 5) is 0. The molecule has 3 aromatic rings. The number of hydrogen-bond donors (Lipinski definition) is 0. The van der Waals surface area contributed by atoms with Crippen LogP contribution in [0.1, 0.15) is 43.4 Å². The van der Waals surface area contributed by atoms with Gasteiger partial charge in [0.05, 0.1) is 51.0 Å². The molecule has 0 bridgehead atoms. The van der Waals surface area contributed by atoms with E-state index >= 15 is 0 Å². The van der Waals surface area contributed by atoms with Crippen LogP contribution >= 0.6 is 0 Å². The van der Waals surface area contributed by atoms with Crippen molar-refractivity contribution in [3.63, 3.8) is 0 Å². The van der Waals surface area contributed by atoms with E-state index in [4.69, 9.17) is 28.4 Å². The highest BCUT2D eigenvalue weighted by Gasteiger charge is 2.39. The zero-order valence-electron chi connectivity index (χ0n) is 23.4. The third-order valence-electron chi connectivity index (χ3n) is 7.10. The lowest BCUT2D eigenvalue weighted by atomic mass is 9.99. The molecule has 3 aromatic carbocycles. The summed E-state index contributed by atoms with van der Waals surface area (Å²) in [7, 11) is 0. The van der Waals surface area contributed by atoms with E-state index in [0.29, 0.717) is 45.9 Å². The summed E-state index contributed by atoms with van der Waals surface area (Å²) in [6.07, 6.45) is 2.59. The summed E-state index contributed by atoms with van der Waals surface area (Å²) in [5.74, 6) is 0.321. The van der Waals surface area contributed by atoms with Crippen molar-refractivity contribution in [3.8, 4) is 0 Å². The predicted molar refractivity (Wildman–Crippen MR) is 153 cm³/mol. The third kappa shape index (κ3) is 8.50. The second-order valence-electron chi connectivity index (χ2n) is 10.8. The van der Waals surface area contributed by atoms with E-state index in [-0.39, 0.29) is 24.4 Å². The van der Waals surface area contributed by atoms with Crippen molar-refractivity contribution in [2.45, 2.75) is 76.7 Å². The molecule has 40 heavy (non-hydrogen) atoms.